The number of anilines is 1. The first-order valence-corrected chi connectivity index (χ1v) is 12.7. The van der Waals surface area contributed by atoms with E-state index in [1.807, 2.05) is 35.1 Å². The highest BCUT2D eigenvalue weighted by Gasteiger charge is 2.48. The third-order valence-corrected chi connectivity index (χ3v) is 6.84. The molecule has 0 saturated carbocycles. The molecule has 2 amide bonds. The van der Waals surface area contributed by atoms with Crippen molar-refractivity contribution in [2.45, 2.75) is 50.7 Å². The van der Waals surface area contributed by atoms with E-state index in [4.69, 9.17) is 28.3 Å². The van der Waals surface area contributed by atoms with Crippen LogP contribution in [0.3, 0.4) is 0 Å². The molecule has 2 heterocycles. The minimum absolute atomic E-state index is 0.0984. The third-order valence-electron chi connectivity index (χ3n) is 6.37. The van der Waals surface area contributed by atoms with Crippen LogP contribution < -0.4 is 10.6 Å². The number of carbonyl (C=O) groups is 2. The maximum Gasteiger partial charge on any atom is 0.247 e. The summed E-state index contributed by atoms with van der Waals surface area (Å²) in [6, 6.07) is 15.3. The fraction of sp³-hybridized carbons (Fsp3) is 0.370. The normalized spacial score (nSPS) is 19.9. The van der Waals surface area contributed by atoms with Crippen LogP contribution in [0.4, 0.5) is 5.69 Å². The van der Waals surface area contributed by atoms with Crippen molar-refractivity contribution < 1.29 is 9.59 Å². The van der Waals surface area contributed by atoms with E-state index in [0.717, 1.165) is 11.3 Å². The molecule has 2 aromatic carbocycles. The van der Waals surface area contributed by atoms with Crippen LogP contribution in [-0.4, -0.2) is 46.1 Å². The molecule has 0 aliphatic carbocycles. The first-order chi connectivity index (χ1) is 17.1. The van der Waals surface area contributed by atoms with Gasteiger partial charge >= 0.3 is 0 Å². The number of likely N-dealkylation sites (tertiary alicyclic amines) is 1. The third kappa shape index (κ3) is 5.59. The molecule has 9 heteroatoms. The van der Waals surface area contributed by atoms with E-state index >= 15 is 0 Å². The van der Waals surface area contributed by atoms with E-state index in [1.165, 1.54) is 0 Å². The Balaban J connectivity index is 1.78. The topological polar surface area (TPSA) is 79.3 Å². The molecule has 1 saturated heterocycles. The van der Waals surface area contributed by atoms with E-state index < -0.39 is 12.1 Å². The summed E-state index contributed by atoms with van der Waals surface area (Å²) < 4.78 is 1.91. The molecule has 3 aromatic rings. The molecular weight excluding hydrogens is 497 g/mol. The van der Waals surface area contributed by atoms with Crippen LogP contribution in [0.15, 0.2) is 60.8 Å². The lowest BCUT2D eigenvalue weighted by molar-refractivity contribution is -0.138. The second-order valence-electron chi connectivity index (χ2n) is 10.0. The highest BCUT2D eigenvalue weighted by molar-refractivity contribution is 6.31. The van der Waals surface area contributed by atoms with Crippen LogP contribution >= 0.6 is 23.2 Å². The van der Waals surface area contributed by atoms with Crippen LogP contribution in [0.5, 0.6) is 0 Å². The Labute approximate surface area is 221 Å². The summed E-state index contributed by atoms with van der Waals surface area (Å²) in [6.45, 7) is 6.34. The van der Waals surface area contributed by atoms with Gasteiger partial charge in [0.05, 0.1) is 23.8 Å². The molecular formula is C27H31Cl2N5O2. The summed E-state index contributed by atoms with van der Waals surface area (Å²) in [5, 5.41) is 11.8. The molecule has 36 heavy (non-hydrogen) atoms. The van der Waals surface area contributed by atoms with Gasteiger partial charge < -0.3 is 15.5 Å². The molecule has 1 fully saturated rings. The minimum Gasteiger partial charge on any atom is -0.324 e. The molecule has 0 unspecified atom stereocenters. The summed E-state index contributed by atoms with van der Waals surface area (Å²) >= 11 is 12.5. The van der Waals surface area contributed by atoms with Gasteiger partial charge in [-0.25, -0.2) is 0 Å². The Morgan fingerprint density at radius 3 is 2.36 bits per heavy atom. The van der Waals surface area contributed by atoms with E-state index in [0.29, 0.717) is 22.2 Å². The van der Waals surface area contributed by atoms with Gasteiger partial charge in [0.15, 0.2) is 0 Å². The SMILES string of the molecule is CNCC(=O)N1[C@H](C(=O)Nc2cccc(Cl)c2)C[C@H](c2ccn(C(C)(C)C)n2)[C@@H]1c1cccc(Cl)c1. The quantitative estimate of drug-likeness (QED) is 0.460. The summed E-state index contributed by atoms with van der Waals surface area (Å²) in [4.78, 5) is 28.8. The van der Waals surface area contributed by atoms with Crippen LogP contribution in [0.2, 0.25) is 10.0 Å². The molecule has 0 radical (unpaired) electrons. The highest BCUT2D eigenvalue weighted by atomic mass is 35.5. The molecule has 1 aliphatic rings. The van der Waals surface area contributed by atoms with E-state index in [9.17, 15) is 9.59 Å². The van der Waals surface area contributed by atoms with Crippen molar-refractivity contribution in [3.63, 3.8) is 0 Å². The zero-order valence-corrected chi connectivity index (χ0v) is 22.3. The Morgan fingerprint density at radius 2 is 1.75 bits per heavy atom. The summed E-state index contributed by atoms with van der Waals surface area (Å²) in [7, 11) is 1.71. The number of aromatic nitrogens is 2. The largest absolute Gasteiger partial charge is 0.324 e. The van der Waals surface area contributed by atoms with Crippen molar-refractivity contribution in [1.29, 1.82) is 0 Å². The van der Waals surface area contributed by atoms with Crippen molar-refractivity contribution in [2.24, 2.45) is 0 Å². The zero-order chi connectivity index (χ0) is 26.0. The number of amides is 2. The number of rotatable bonds is 6. The Hall–Kier alpha value is -2.87. The lowest BCUT2D eigenvalue weighted by atomic mass is 9.90. The average Bonchev–Trinajstić information content (AvgIpc) is 3.45. The summed E-state index contributed by atoms with van der Waals surface area (Å²) in [6.07, 6.45) is 2.36. The number of nitrogens with zero attached hydrogens (tertiary/aromatic N) is 3. The lowest BCUT2D eigenvalue weighted by Crippen LogP contribution is -2.47. The predicted molar refractivity (Wildman–Crippen MR) is 143 cm³/mol. The van der Waals surface area contributed by atoms with Gasteiger partial charge in [0.25, 0.3) is 0 Å². The maximum absolute atomic E-state index is 13.6. The van der Waals surface area contributed by atoms with Gasteiger partial charge in [-0.2, -0.15) is 5.10 Å². The van der Waals surface area contributed by atoms with Crippen molar-refractivity contribution in [3.8, 4) is 0 Å². The van der Waals surface area contributed by atoms with Gasteiger partial charge in [-0.1, -0.05) is 41.4 Å². The fourth-order valence-corrected chi connectivity index (χ4v) is 5.13. The fourth-order valence-electron chi connectivity index (χ4n) is 4.74. The minimum atomic E-state index is -0.710. The molecule has 1 aromatic heterocycles. The molecule has 3 atom stereocenters. The second kappa shape index (κ2) is 10.6. The van der Waals surface area contributed by atoms with Crippen molar-refractivity contribution >= 4 is 40.7 Å². The van der Waals surface area contributed by atoms with E-state index in [2.05, 4.69) is 31.4 Å². The number of halogens is 2. The van der Waals surface area contributed by atoms with Gasteiger partial charge in [0, 0.05) is 27.8 Å². The monoisotopic (exact) mass is 527 g/mol. The van der Waals surface area contributed by atoms with Crippen LogP contribution in [-0.2, 0) is 15.1 Å². The highest BCUT2D eigenvalue weighted by Crippen LogP contribution is 2.47. The standard InChI is InChI=1S/C27H31Cl2N5O2/c1-27(2,3)33-12-11-22(32-33)21-15-23(26(36)31-20-10-6-9-19(29)14-20)34(24(35)16-30-4)25(21)17-7-5-8-18(28)13-17/h5-14,21,23,25,30H,15-16H2,1-4H3,(H,31,36)/t21-,23+,25+/m1/s1. The molecule has 1 aliphatic heterocycles. The zero-order valence-electron chi connectivity index (χ0n) is 20.8. The molecule has 2 N–H and O–H groups in total. The number of hydrogen-bond donors (Lipinski definition) is 2. The molecule has 4 rings (SSSR count). The smallest absolute Gasteiger partial charge is 0.247 e. The number of nitrogens with one attached hydrogen (secondary N) is 2. The van der Waals surface area contributed by atoms with Crippen molar-refractivity contribution in [3.05, 3.63) is 82.1 Å². The molecule has 0 spiro atoms. The Kier molecular flexibility index (Phi) is 7.73. The Morgan fingerprint density at radius 1 is 1.06 bits per heavy atom. The number of benzene rings is 2. The van der Waals surface area contributed by atoms with Gasteiger partial charge in [0.2, 0.25) is 11.8 Å². The molecule has 7 nitrogen and oxygen atoms in total. The van der Waals surface area contributed by atoms with Gasteiger partial charge in [0.1, 0.15) is 6.04 Å². The van der Waals surface area contributed by atoms with Crippen molar-refractivity contribution in [2.75, 3.05) is 18.9 Å². The molecule has 190 valence electrons. The summed E-state index contributed by atoms with van der Waals surface area (Å²) in [5.41, 5.74) is 2.07. The second-order valence-corrected chi connectivity index (χ2v) is 10.9. The average molecular weight is 528 g/mol. The van der Waals surface area contributed by atoms with Gasteiger partial charge in [-0.3, -0.25) is 14.3 Å². The van der Waals surface area contributed by atoms with E-state index in [1.54, 1.807) is 42.3 Å². The van der Waals surface area contributed by atoms with Gasteiger partial charge in [-0.15, -0.1) is 0 Å². The lowest BCUT2D eigenvalue weighted by Gasteiger charge is -2.31. The van der Waals surface area contributed by atoms with E-state index in [-0.39, 0.29) is 29.8 Å². The maximum atomic E-state index is 13.6. The van der Waals surface area contributed by atoms with Crippen LogP contribution in [0, 0.1) is 0 Å². The molecule has 0 bridgehead atoms. The number of likely N-dealkylation sites (N-methyl/N-ethyl adjacent to an activating group) is 1. The number of carbonyl (C=O) groups excluding carboxylic acids is 2. The predicted octanol–water partition coefficient (Wildman–Crippen LogP) is 5.23. The van der Waals surface area contributed by atoms with Crippen LogP contribution in [0.1, 0.15) is 50.4 Å². The van der Waals surface area contributed by atoms with Gasteiger partial charge in [-0.05, 0) is 76.2 Å². The van der Waals surface area contributed by atoms with Crippen molar-refractivity contribution in [1.82, 2.24) is 20.0 Å². The van der Waals surface area contributed by atoms with Crippen LogP contribution in [0.25, 0.3) is 0 Å². The summed E-state index contributed by atoms with van der Waals surface area (Å²) in [5.74, 6) is -0.652. The first kappa shape index (κ1) is 26.2. The Bertz CT molecular complexity index is 1250. The first-order valence-electron chi connectivity index (χ1n) is 11.9. The number of hydrogen-bond acceptors (Lipinski definition) is 4.